The van der Waals surface area contributed by atoms with Gasteiger partial charge < -0.3 is 9.47 Å². The lowest BCUT2D eigenvalue weighted by molar-refractivity contribution is -0.166. The molecule has 0 aromatic carbocycles. The maximum atomic E-state index is 12.6. The predicted molar refractivity (Wildman–Crippen MR) is 78.8 cm³/mol. The SMILES string of the molecule is COC(=O)N1CCC2CCCCC2C1C(=O)OC(C)(C)C. The average Bonchev–Trinajstić information content (AvgIpc) is 2.43. The molecule has 2 fully saturated rings. The van der Waals surface area contributed by atoms with E-state index in [2.05, 4.69) is 0 Å². The van der Waals surface area contributed by atoms with Crippen LogP contribution in [0.5, 0.6) is 0 Å². The van der Waals surface area contributed by atoms with E-state index in [-0.39, 0.29) is 11.9 Å². The van der Waals surface area contributed by atoms with Gasteiger partial charge in [0.1, 0.15) is 11.6 Å². The van der Waals surface area contributed by atoms with Gasteiger partial charge in [-0.2, -0.15) is 0 Å². The Kier molecular flexibility index (Phi) is 4.79. The summed E-state index contributed by atoms with van der Waals surface area (Å²) in [6, 6.07) is -0.490. The molecular weight excluding hydrogens is 270 g/mol. The van der Waals surface area contributed by atoms with Gasteiger partial charge in [-0.05, 0) is 45.4 Å². The van der Waals surface area contributed by atoms with Crippen molar-refractivity contribution in [1.29, 1.82) is 0 Å². The van der Waals surface area contributed by atoms with E-state index in [9.17, 15) is 9.59 Å². The molecule has 0 N–H and O–H groups in total. The summed E-state index contributed by atoms with van der Waals surface area (Å²) in [6.07, 6.45) is 5.02. The number of methoxy groups -OCH3 is 1. The third-order valence-corrected chi connectivity index (χ3v) is 4.51. The zero-order valence-corrected chi connectivity index (χ0v) is 13.6. The fourth-order valence-electron chi connectivity index (χ4n) is 3.67. The average molecular weight is 297 g/mol. The van der Waals surface area contributed by atoms with Crippen LogP contribution >= 0.6 is 0 Å². The minimum atomic E-state index is -0.541. The number of hydrogen-bond acceptors (Lipinski definition) is 4. The number of carbonyl (C=O) groups excluding carboxylic acids is 2. The quantitative estimate of drug-likeness (QED) is 0.698. The molecule has 5 nitrogen and oxygen atoms in total. The molecule has 0 aromatic heterocycles. The number of carbonyl (C=O) groups is 2. The molecule has 0 radical (unpaired) electrons. The largest absolute Gasteiger partial charge is 0.458 e. The summed E-state index contributed by atoms with van der Waals surface area (Å²) in [5, 5.41) is 0. The zero-order valence-electron chi connectivity index (χ0n) is 13.6. The van der Waals surface area contributed by atoms with Crippen LogP contribution in [0.3, 0.4) is 0 Å². The highest BCUT2D eigenvalue weighted by molar-refractivity contribution is 5.82. The first kappa shape index (κ1) is 16.1. The van der Waals surface area contributed by atoms with Gasteiger partial charge >= 0.3 is 12.1 Å². The van der Waals surface area contributed by atoms with Crippen LogP contribution in [0.4, 0.5) is 4.79 Å². The number of likely N-dealkylation sites (tertiary alicyclic amines) is 1. The number of hydrogen-bond donors (Lipinski definition) is 0. The molecule has 1 heterocycles. The standard InChI is InChI=1S/C16H27NO4/c1-16(2,3)21-14(18)13-12-8-6-5-7-11(12)9-10-17(13)15(19)20-4/h11-13H,5-10H2,1-4H3. The van der Waals surface area contributed by atoms with Crippen LogP contribution in [0.2, 0.25) is 0 Å². The Bertz CT molecular complexity index is 402. The summed E-state index contributed by atoms with van der Waals surface area (Å²) >= 11 is 0. The molecule has 2 aliphatic rings. The normalized spacial score (nSPS) is 29.5. The maximum Gasteiger partial charge on any atom is 0.410 e. The van der Waals surface area contributed by atoms with Gasteiger partial charge in [-0.3, -0.25) is 4.90 Å². The highest BCUT2D eigenvalue weighted by atomic mass is 16.6. The first-order valence-corrected chi connectivity index (χ1v) is 7.91. The Morgan fingerprint density at radius 3 is 2.38 bits per heavy atom. The second-order valence-electron chi connectivity index (χ2n) is 7.14. The molecule has 2 rings (SSSR count). The minimum absolute atomic E-state index is 0.210. The topological polar surface area (TPSA) is 55.8 Å². The van der Waals surface area contributed by atoms with Crippen molar-refractivity contribution in [1.82, 2.24) is 4.90 Å². The van der Waals surface area contributed by atoms with Gasteiger partial charge in [-0.25, -0.2) is 9.59 Å². The van der Waals surface area contributed by atoms with Gasteiger partial charge in [0.25, 0.3) is 0 Å². The first-order chi connectivity index (χ1) is 9.83. The fraction of sp³-hybridized carbons (Fsp3) is 0.875. The van der Waals surface area contributed by atoms with Crippen molar-refractivity contribution >= 4 is 12.1 Å². The summed E-state index contributed by atoms with van der Waals surface area (Å²) < 4.78 is 10.4. The van der Waals surface area contributed by atoms with Crippen LogP contribution in [-0.2, 0) is 14.3 Å². The Hall–Kier alpha value is -1.26. The number of fused-ring (bicyclic) bond motifs is 1. The molecular formula is C16H27NO4. The van der Waals surface area contributed by atoms with E-state index in [4.69, 9.17) is 9.47 Å². The van der Waals surface area contributed by atoms with Crippen molar-refractivity contribution in [3.8, 4) is 0 Å². The second-order valence-corrected chi connectivity index (χ2v) is 7.14. The second kappa shape index (κ2) is 6.24. The molecule has 1 amide bonds. The molecule has 0 aromatic rings. The van der Waals surface area contributed by atoms with Crippen LogP contribution in [-0.4, -0.2) is 42.3 Å². The lowest BCUT2D eigenvalue weighted by Gasteiger charge is -2.46. The van der Waals surface area contributed by atoms with E-state index >= 15 is 0 Å². The first-order valence-electron chi connectivity index (χ1n) is 7.91. The van der Waals surface area contributed by atoms with Gasteiger partial charge in [0, 0.05) is 6.54 Å². The van der Waals surface area contributed by atoms with Crippen LogP contribution in [0.25, 0.3) is 0 Å². The monoisotopic (exact) mass is 297 g/mol. The van der Waals surface area contributed by atoms with Crippen molar-refractivity contribution in [2.24, 2.45) is 11.8 Å². The number of piperidine rings is 1. The molecule has 3 atom stereocenters. The minimum Gasteiger partial charge on any atom is -0.458 e. The maximum absolute atomic E-state index is 12.6. The van der Waals surface area contributed by atoms with Crippen molar-refractivity contribution in [3.05, 3.63) is 0 Å². The van der Waals surface area contributed by atoms with E-state index in [0.717, 1.165) is 25.7 Å². The van der Waals surface area contributed by atoms with Crippen LogP contribution in [0.1, 0.15) is 52.9 Å². The molecule has 1 saturated heterocycles. The van der Waals surface area contributed by atoms with E-state index in [1.807, 2.05) is 20.8 Å². The summed E-state index contributed by atoms with van der Waals surface area (Å²) in [7, 11) is 1.36. The molecule has 0 bridgehead atoms. The number of nitrogens with zero attached hydrogens (tertiary/aromatic N) is 1. The lowest BCUT2D eigenvalue weighted by Crippen LogP contribution is -2.57. The number of amides is 1. The van der Waals surface area contributed by atoms with Crippen molar-refractivity contribution < 1.29 is 19.1 Å². The van der Waals surface area contributed by atoms with E-state index in [0.29, 0.717) is 12.5 Å². The highest BCUT2D eigenvalue weighted by Gasteiger charge is 2.46. The summed E-state index contributed by atoms with van der Waals surface area (Å²) in [6.45, 7) is 6.15. The van der Waals surface area contributed by atoms with E-state index in [1.165, 1.54) is 13.5 Å². The molecule has 120 valence electrons. The summed E-state index contributed by atoms with van der Waals surface area (Å²) in [4.78, 5) is 26.2. The van der Waals surface area contributed by atoms with Crippen molar-refractivity contribution in [2.45, 2.75) is 64.5 Å². The summed E-state index contributed by atoms with van der Waals surface area (Å²) in [5.74, 6) is 0.447. The number of ether oxygens (including phenoxy) is 2. The predicted octanol–water partition coefficient (Wildman–Crippen LogP) is 2.98. The van der Waals surface area contributed by atoms with E-state index in [1.54, 1.807) is 4.90 Å². The Morgan fingerprint density at radius 2 is 1.76 bits per heavy atom. The number of rotatable bonds is 1. The molecule has 1 aliphatic carbocycles. The molecule has 5 heteroatoms. The van der Waals surface area contributed by atoms with E-state index < -0.39 is 17.7 Å². The molecule has 1 saturated carbocycles. The van der Waals surface area contributed by atoms with Gasteiger partial charge in [0.15, 0.2) is 0 Å². The Morgan fingerprint density at radius 1 is 1.10 bits per heavy atom. The van der Waals surface area contributed by atoms with Crippen LogP contribution in [0.15, 0.2) is 0 Å². The third kappa shape index (κ3) is 3.69. The van der Waals surface area contributed by atoms with Crippen molar-refractivity contribution in [2.75, 3.05) is 13.7 Å². The molecule has 0 spiro atoms. The smallest absolute Gasteiger partial charge is 0.410 e. The summed E-state index contributed by atoms with van der Waals surface area (Å²) in [5.41, 5.74) is -0.541. The van der Waals surface area contributed by atoms with Gasteiger partial charge in [0.05, 0.1) is 7.11 Å². The molecule has 1 aliphatic heterocycles. The van der Waals surface area contributed by atoms with Crippen LogP contribution < -0.4 is 0 Å². The Labute approximate surface area is 127 Å². The highest BCUT2D eigenvalue weighted by Crippen LogP contribution is 2.40. The molecule has 21 heavy (non-hydrogen) atoms. The zero-order chi connectivity index (χ0) is 15.6. The van der Waals surface area contributed by atoms with Gasteiger partial charge in [-0.15, -0.1) is 0 Å². The van der Waals surface area contributed by atoms with Crippen LogP contribution in [0, 0.1) is 11.8 Å². The Balaban J connectivity index is 2.22. The lowest BCUT2D eigenvalue weighted by atomic mass is 9.71. The molecule has 3 unspecified atom stereocenters. The van der Waals surface area contributed by atoms with Crippen molar-refractivity contribution in [3.63, 3.8) is 0 Å². The number of esters is 1. The van der Waals surface area contributed by atoms with Gasteiger partial charge in [-0.1, -0.05) is 19.3 Å². The third-order valence-electron chi connectivity index (χ3n) is 4.51. The fourth-order valence-corrected chi connectivity index (χ4v) is 3.67. The van der Waals surface area contributed by atoms with Gasteiger partial charge in [0.2, 0.25) is 0 Å².